The van der Waals surface area contributed by atoms with Gasteiger partial charge in [-0.3, -0.25) is 5.41 Å². The number of hydrogen-bond acceptors (Lipinski definition) is 3. The van der Waals surface area contributed by atoms with Crippen LogP contribution in [0.15, 0.2) is 30.3 Å². The largest absolute Gasteiger partial charge is 0.444 e. The highest BCUT2D eigenvalue weighted by Crippen LogP contribution is 2.13. The molecule has 1 fully saturated rings. The molecule has 1 aliphatic heterocycles. The van der Waals surface area contributed by atoms with E-state index in [1.807, 2.05) is 56.0 Å². The van der Waals surface area contributed by atoms with Gasteiger partial charge < -0.3 is 14.5 Å². The van der Waals surface area contributed by atoms with Crippen molar-refractivity contribution in [2.45, 2.75) is 26.4 Å². The topological polar surface area (TPSA) is 56.6 Å². The van der Waals surface area contributed by atoms with E-state index in [1.165, 1.54) is 0 Å². The van der Waals surface area contributed by atoms with Crippen LogP contribution in [0, 0.1) is 18.3 Å². The van der Waals surface area contributed by atoms with Crippen molar-refractivity contribution >= 4 is 11.9 Å². The molecule has 124 valence electrons. The predicted molar refractivity (Wildman–Crippen MR) is 92.5 cm³/mol. The molecule has 0 spiro atoms. The highest BCUT2D eigenvalue weighted by molar-refractivity contribution is 5.96. The van der Waals surface area contributed by atoms with Gasteiger partial charge in [0.1, 0.15) is 11.4 Å². The highest BCUT2D eigenvalue weighted by Gasteiger charge is 2.26. The zero-order chi connectivity index (χ0) is 17.5. The number of carbonyl (C=O) groups excluding carboxylic acids is 1. The van der Waals surface area contributed by atoms with Crippen molar-refractivity contribution in [3.05, 3.63) is 35.9 Å². The Balaban J connectivity index is 0.00000127. The fourth-order valence-corrected chi connectivity index (χ4v) is 2.22. The van der Waals surface area contributed by atoms with E-state index in [2.05, 4.69) is 12.8 Å². The van der Waals surface area contributed by atoms with Crippen LogP contribution in [0.2, 0.25) is 0 Å². The number of amidine groups is 1. The minimum Gasteiger partial charge on any atom is -0.444 e. The summed E-state index contributed by atoms with van der Waals surface area (Å²) in [7, 11) is 0. The molecule has 0 aromatic heterocycles. The van der Waals surface area contributed by atoms with Gasteiger partial charge in [0, 0.05) is 31.7 Å². The first-order chi connectivity index (χ1) is 10.9. The van der Waals surface area contributed by atoms with Crippen LogP contribution in [0.1, 0.15) is 26.3 Å². The van der Waals surface area contributed by atoms with Gasteiger partial charge in [-0.15, -0.1) is 12.8 Å². The molecule has 1 aromatic rings. The second-order valence-corrected chi connectivity index (χ2v) is 6.17. The number of benzene rings is 1. The van der Waals surface area contributed by atoms with E-state index in [9.17, 15) is 4.79 Å². The molecular formula is C18H25N3O2. The van der Waals surface area contributed by atoms with Gasteiger partial charge in [0.25, 0.3) is 0 Å². The lowest BCUT2D eigenvalue weighted by Gasteiger charge is -2.36. The number of nitrogens with one attached hydrogen (secondary N) is 1. The lowest BCUT2D eigenvalue weighted by atomic mass is 10.1. The average molecular weight is 315 g/mol. The number of terminal acetylenes is 1. The van der Waals surface area contributed by atoms with Gasteiger partial charge in [0.15, 0.2) is 0 Å². The molecule has 1 aromatic carbocycles. The second-order valence-electron chi connectivity index (χ2n) is 6.17. The number of nitrogens with zero attached hydrogens (tertiary/aromatic N) is 2. The van der Waals surface area contributed by atoms with Crippen molar-refractivity contribution in [1.29, 1.82) is 5.41 Å². The van der Waals surface area contributed by atoms with Gasteiger partial charge in [-0.2, -0.15) is 0 Å². The molecule has 0 radical (unpaired) electrons. The third kappa shape index (κ3) is 5.67. The van der Waals surface area contributed by atoms with E-state index in [0.717, 1.165) is 5.56 Å². The van der Waals surface area contributed by atoms with Gasteiger partial charge in [0.05, 0.1) is 0 Å². The number of hydrogen-bond donors (Lipinski definition) is 1. The van der Waals surface area contributed by atoms with Gasteiger partial charge in [0.2, 0.25) is 0 Å². The zero-order valence-corrected chi connectivity index (χ0v) is 14.1. The lowest BCUT2D eigenvalue weighted by molar-refractivity contribution is 0.0187. The summed E-state index contributed by atoms with van der Waals surface area (Å²) >= 11 is 0. The van der Waals surface area contributed by atoms with Crippen LogP contribution < -0.4 is 0 Å². The Bertz CT molecular complexity index is 538. The van der Waals surface area contributed by atoms with Crippen molar-refractivity contribution in [3.63, 3.8) is 0 Å². The minimum atomic E-state index is -0.467. The van der Waals surface area contributed by atoms with E-state index in [-0.39, 0.29) is 6.09 Å². The Morgan fingerprint density at radius 2 is 1.52 bits per heavy atom. The smallest absolute Gasteiger partial charge is 0.410 e. The summed E-state index contributed by atoms with van der Waals surface area (Å²) in [5, 5.41) is 8.23. The normalized spacial score (nSPS) is 14.5. The Kier molecular flexibility index (Phi) is 6.65. The number of rotatable bonds is 1. The first-order valence-corrected chi connectivity index (χ1v) is 7.57. The van der Waals surface area contributed by atoms with Gasteiger partial charge in [-0.25, -0.2) is 4.79 Å². The summed E-state index contributed by atoms with van der Waals surface area (Å²) < 4.78 is 5.37. The van der Waals surface area contributed by atoms with Gasteiger partial charge >= 0.3 is 6.09 Å². The molecule has 1 saturated heterocycles. The quantitative estimate of drug-likeness (QED) is 0.492. The average Bonchev–Trinajstić information content (AvgIpc) is 2.55. The van der Waals surface area contributed by atoms with Crippen LogP contribution in [0.5, 0.6) is 0 Å². The fraction of sp³-hybridized carbons (Fsp3) is 0.444. The summed E-state index contributed by atoms with van der Waals surface area (Å²) in [6, 6.07) is 9.67. The maximum Gasteiger partial charge on any atom is 0.410 e. The molecule has 2 rings (SSSR count). The molecule has 1 heterocycles. The molecule has 1 amide bonds. The van der Waals surface area contributed by atoms with E-state index in [4.69, 9.17) is 10.1 Å². The molecule has 0 bridgehead atoms. The standard InChI is InChI=1S/C16H23N3O2.C2H2/c1-16(2,3)21-15(20)19-11-9-18(10-12-19)14(17)13-7-5-4-6-8-13;1-2/h4-8,17H,9-12H2,1-3H3;1-2H. The molecule has 0 saturated carbocycles. The summed E-state index contributed by atoms with van der Waals surface area (Å²) in [5.74, 6) is 0.513. The first kappa shape index (κ1) is 18.6. The van der Waals surface area contributed by atoms with Crippen molar-refractivity contribution in [1.82, 2.24) is 9.80 Å². The predicted octanol–water partition coefficient (Wildman–Crippen LogP) is 2.81. The molecule has 1 N–H and O–H groups in total. The summed E-state index contributed by atoms with van der Waals surface area (Å²) in [4.78, 5) is 15.7. The van der Waals surface area contributed by atoms with Crippen molar-refractivity contribution in [2.24, 2.45) is 0 Å². The molecule has 23 heavy (non-hydrogen) atoms. The van der Waals surface area contributed by atoms with Crippen molar-refractivity contribution in [3.8, 4) is 12.8 Å². The molecule has 5 heteroatoms. The Morgan fingerprint density at radius 3 is 2.00 bits per heavy atom. The van der Waals surface area contributed by atoms with E-state index in [0.29, 0.717) is 32.0 Å². The number of amides is 1. The van der Waals surface area contributed by atoms with E-state index in [1.54, 1.807) is 4.90 Å². The van der Waals surface area contributed by atoms with E-state index >= 15 is 0 Å². The Hall–Kier alpha value is -2.48. The highest BCUT2D eigenvalue weighted by atomic mass is 16.6. The van der Waals surface area contributed by atoms with Crippen molar-refractivity contribution in [2.75, 3.05) is 26.2 Å². The van der Waals surface area contributed by atoms with Crippen molar-refractivity contribution < 1.29 is 9.53 Å². The van der Waals surface area contributed by atoms with Crippen LogP contribution in [-0.2, 0) is 4.74 Å². The van der Waals surface area contributed by atoms with Crippen LogP contribution in [0.4, 0.5) is 4.79 Å². The SMILES string of the molecule is C#C.CC(C)(C)OC(=O)N1CCN(C(=N)c2ccccc2)CC1. The molecule has 0 atom stereocenters. The maximum absolute atomic E-state index is 12.0. The summed E-state index contributed by atoms with van der Waals surface area (Å²) in [6.07, 6.45) is 7.73. The van der Waals surface area contributed by atoms with Crippen LogP contribution in [-0.4, -0.2) is 53.5 Å². The van der Waals surface area contributed by atoms with E-state index < -0.39 is 5.60 Å². The van der Waals surface area contributed by atoms with Gasteiger partial charge in [-0.05, 0) is 20.8 Å². The summed E-state index contributed by atoms with van der Waals surface area (Å²) in [6.45, 7) is 8.10. The minimum absolute atomic E-state index is 0.270. The Labute approximate surface area is 138 Å². The third-order valence-corrected chi connectivity index (χ3v) is 3.29. The molecule has 5 nitrogen and oxygen atoms in total. The van der Waals surface area contributed by atoms with Crippen LogP contribution in [0.25, 0.3) is 0 Å². The molecular weight excluding hydrogens is 290 g/mol. The first-order valence-electron chi connectivity index (χ1n) is 7.57. The second kappa shape index (κ2) is 8.23. The molecule has 0 unspecified atom stereocenters. The monoisotopic (exact) mass is 315 g/mol. The number of ether oxygens (including phenoxy) is 1. The number of carbonyl (C=O) groups is 1. The molecule has 0 aliphatic carbocycles. The summed E-state index contributed by atoms with van der Waals surface area (Å²) in [5.41, 5.74) is 0.438. The maximum atomic E-state index is 12.0. The van der Waals surface area contributed by atoms with Gasteiger partial charge in [-0.1, -0.05) is 30.3 Å². The number of piperazine rings is 1. The van der Waals surface area contributed by atoms with Crippen LogP contribution in [0.3, 0.4) is 0 Å². The Morgan fingerprint density at radius 1 is 1.04 bits per heavy atom. The fourth-order valence-electron chi connectivity index (χ4n) is 2.22. The molecule has 1 aliphatic rings. The zero-order valence-electron chi connectivity index (χ0n) is 14.1. The third-order valence-electron chi connectivity index (χ3n) is 3.29. The van der Waals surface area contributed by atoms with Crippen LogP contribution >= 0.6 is 0 Å². The lowest BCUT2D eigenvalue weighted by Crippen LogP contribution is -2.51.